The minimum Gasteiger partial charge on any atom is -0.478 e. The van der Waals surface area contributed by atoms with E-state index >= 15 is 0 Å². The standard InChI is InChI=1S/C13H11Cl2N3O3/c14-8-5-10(15)13-17-9(7-18(13)6-8)3-4-16-11(19)1-2-12(20)21/h1-2,5-7H,3-4H2,(H,16,19)(H,20,21)/b2-1+. The number of imidazole rings is 1. The van der Waals surface area contributed by atoms with Crippen LogP contribution < -0.4 is 5.32 Å². The third kappa shape index (κ3) is 4.21. The number of hydrogen-bond donors (Lipinski definition) is 2. The Bertz CT molecular complexity index is 725. The smallest absolute Gasteiger partial charge is 0.328 e. The molecule has 21 heavy (non-hydrogen) atoms. The van der Waals surface area contributed by atoms with Crippen LogP contribution in [0.2, 0.25) is 10.0 Å². The highest BCUT2D eigenvalue weighted by Gasteiger charge is 2.07. The summed E-state index contributed by atoms with van der Waals surface area (Å²) < 4.78 is 1.71. The molecule has 2 aromatic rings. The second kappa shape index (κ2) is 6.60. The van der Waals surface area contributed by atoms with Crippen LogP contribution in [-0.4, -0.2) is 32.9 Å². The van der Waals surface area contributed by atoms with Gasteiger partial charge >= 0.3 is 5.97 Å². The van der Waals surface area contributed by atoms with Crippen LogP contribution in [0.3, 0.4) is 0 Å². The number of hydrogen-bond acceptors (Lipinski definition) is 3. The van der Waals surface area contributed by atoms with Crippen LogP contribution in [0.4, 0.5) is 0 Å². The van der Waals surface area contributed by atoms with Gasteiger partial charge in [0.1, 0.15) is 0 Å². The van der Waals surface area contributed by atoms with Gasteiger partial charge < -0.3 is 14.8 Å². The first-order valence-corrected chi connectivity index (χ1v) is 6.73. The van der Waals surface area contributed by atoms with Gasteiger partial charge in [-0.3, -0.25) is 4.79 Å². The lowest BCUT2D eigenvalue weighted by atomic mass is 10.3. The second-order valence-electron chi connectivity index (χ2n) is 4.18. The highest BCUT2D eigenvalue weighted by molar-refractivity contribution is 6.36. The van der Waals surface area contributed by atoms with Gasteiger partial charge in [0, 0.05) is 37.5 Å². The highest BCUT2D eigenvalue weighted by atomic mass is 35.5. The zero-order valence-corrected chi connectivity index (χ0v) is 12.2. The van der Waals surface area contributed by atoms with Crippen molar-refractivity contribution in [3.8, 4) is 0 Å². The third-order valence-electron chi connectivity index (χ3n) is 2.58. The Kier molecular flexibility index (Phi) is 4.82. The van der Waals surface area contributed by atoms with Gasteiger partial charge in [0.05, 0.1) is 15.7 Å². The summed E-state index contributed by atoms with van der Waals surface area (Å²) in [5.74, 6) is -1.64. The van der Waals surface area contributed by atoms with E-state index in [1.165, 1.54) is 0 Å². The molecule has 2 rings (SSSR count). The molecule has 110 valence electrons. The topological polar surface area (TPSA) is 83.7 Å². The lowest BCUT2D eigenvalue weighted by Gasteiger charge is -1.98. The van der Waals surface area contributed by atoms with Gasteiger partial charge in [0.2, 0.25) is 5.91 Å². The molecule has 0 radical (unpaired) electrons. The number of pyridine rings is 1. The van der Waals surface area contributed by atoms with Crippen LogP contribution in [0.5, 0.6) is 0 Å². The van der Waals surface area contributed by atoms with Crippen molar-refractivity contribution in [3.63, 3.8) is 0 Å². The molecule has 0 aliphatic heterocycles. The molecule has 6 nitrogen and oxygen atoms in total. The molecule has 0 aliphatic carbocycles. The van der Waals surface area contributed by atoms with E-state index in [9.17, 15) is 9.59 Å². The van der Waals surface area contributed by atoms with Gasteiger partial charge in [-0.05, 0) is 6.07 Å². The van der Waals surface area contributed by atoms with Crippen molar-refractivity contribution < 1.29 is 14.7 Å². The van der Waals surface area contributed by atoms with Crippen LogP contribution >= 0.6 is 23.2 Å². The van der Waals surface area contributed by atoms with E-state index in [0.717, 1.165) is 17.8 Å². The molecule has 2 N–H and O–H groups in total. The monoisotopic (exact) mass is 327 g/mol. The summed E-state index contributed by atoms with van der Waals surface area (Å²) in [6, 6.07) is 1.60. The van der Waals surface area contributed by atoms with Crippen molar-refractivity contribution in [2.45, 2.75) is 6.42 Å². The average Bonchev–Trinajstić information content (AvgIpc) is 2.79. The summed E-state index contributed by atoms with van der Waals surface area (Å²) in [5.41, 5.74) is 1.33. The zero-order valence-electron chi connectivity index (χ0n) is 10.7. The van der Waals surface area contributed by atoms with Gasteiger partial charge in [-0.15, -0.1) is 0 Å². The average molecular weight is 328 g/mol. The summed E-state index contributed by atoms with van der Waals surface area (Å²) in [4.78, 5) is 25.9. The molecule has 0 unspecified atom stereocenters. The maximum atomic E-state index is 11.3. The Morgan fingerprint density at radius 3 is 2.81 bits per heavy atom. The normalized spacial score (nSPS) is 11.1. The summed E-state index contributed by atoms with van der Waals surface area (Å²) in [6.07, 6.45) is 5.69. The minimum atomic E-state index is -1.17. The maximum absolute atomic E-state index is 11.3. The summed E-state index contributed by atoms with van der Waals surface area (Å²) in [7, 11) is 0. The molecule has 0 aliphatic rings. The number of aromatic nitrogens is 2. The first kappa shape index (κ1) is 15.3. The van der Waals surface area contributed by atoms with E-state index in [1.807, 2.05) is 0 Å². The number of carbonyl (C=O) groups excluding carboxylic acids is 1. The molecule has 2 heterocycles. The molecule has 0 atom stereocenters. The van der Waals surface area contributed by atoms with Gasteiger partial charge in [-0.2, -0.15) is 0 Å². The third-order valence-corrected chi connectivity index (χ3v) is 3.07. The van der Waals surface area contributed by atoms with Gasteiger partial charge in [0.25, 0.3) is 0 Å². The SMILES string of the molecule is O=C(O)/C=C/C(=O)NCCc1cn2cc(Cl)cc(Cl)c2n1. The number of aliphatic carboxylic acids is 1. The molecule has 8 heteroatoms. The first-order chi connectivity index (χ1) is 9.95. The number of fused-ring (bicyclic) bond motifs is 1. The number of carboxylic acids is 1. The molecule has 0 spiro atoms. The van der Waals surface area contributed by atoms with E-state index in [4.69, 9.17) is 28.3 Å². The van der Waals surface area contributed by atoms with Gasteiger partial charge in [0.15, 0.2) is 5.65 Å². The molecule has 0 saturated heterocycles. The van der Waals surface area contributed by atoms with Crippen LogP contribution in [0, 0.1) is 0 Å². The summed E-state index contributed by atoms with van der Waals surface area (Å²) in [5, 5.41) is 11.9. The van der Waals surface area contributed by atoms with Crippen molar-refractivity contribution in [2.24, 2.45) is 0 Å². The molecule has 0 saturated carbocycles. The van der Waals surface area contributed by atoms with Crippen molar-refractivity contribution in [1.29, 1.82) is 0 Å². The van der Waals surface area contributed by atoms with Crippen molar-refractivity contribution in [2.75, 3.05) is 6.54 Å². The molecule has 0 bridgehead atoms. The van der Waals surface area contributed by atoms with Crippen LogP contribution in [-0.2, 0) is 16.0 Å². The van der Waals surface area contributed by atoms with Crippen molar-refractivity contribution in [3.05, 3.63) is 46.4 Å². The predicted molar refractivity (Wildman–Crippen MR) is 78.7 cm³/mol. The van der Waals surface area contributed by atoms with Crippen molar-refractivity contribution in [1.82, 2.24) is 14.7 Å². The largest absolute Gasteiger partial charge is 0.478 e. The number of nitrogens with one attached hydrogen (secondary N) is 1. The highest BCUT2D eigenvalue weighted by Crippen LogP contribution is 2.21. The lowest BCUT2D eigenvalue weighted by molar-refractivity contribution is -0.131. The Morgan fingerprint density at radius 2 is 2.10 bits per heavy atom. The number of amides is 1. The number of nitrogens with zero attached hydrogens (tertiary/aromatic N) is 2. The van der Waals surface area contributed by atoms with Crippen LogP contribution in [0.25, 0.3) is 5.65 Å². The lowest BCUT2D eigenvalue weighted by Crippen LogP contribution is -2.23. The van der Waals surface area contributed by atoms with Crippen molar-refractivity contribution >= 4 is 40.7 Å². The number of halogens is 2. The zero-order chi connectivity index (χ0) is 15.4. The van der Waals surface area contributed by atoms with Crippen LogP contribution in [0.15, 0.2) is 30.6 Å². The molecular weight excluding hydrogens is 317 g/mol. The Morgan fingerprint density at radius 1 is 1.33 bits per heavy atom. The van der Waals surface area contributed by atoms with Crippen LogP contribution in [0.1, 0.15) is 5.69 Å². The number of carbonyl (C=O) groups is 2. The van der Waals surface area contributed by atoms with E-state index < -0.39 is 11.9 Å². The fraction of sp³-hybridized carbons (Fsp3) is 0.154. The Balaban J connectivity index is 1.97. The molecular formula is C13H11Cl2N3O3. The minimum absolute atomic E-state index is 0.331. The Hall–Kier alpha value is -2.05. The first-order valence-electron chi connectivity index (χ1n) is 5.97. The summed E-state index contributed by atoms with van der Waals surface area (Å²) in [6.45, 7) is 0.331. The fourth-order valence-electron chi connectivity index (χ4n) is 1.72. The predicted octanol–water partition coefficient (Wildman–Crippen LogP) is 1.94. The van der Waals surface area contributed by atoms with E-state index in [-0.39, 0.29) is 0 Å². The molecule has 0 fully saturated rings. The van der Waals surface area contributed by atoms with E-state index in [0.29, 0.717) is 28.7 Å². The van der Waals surface area contributed by atoms with Gasteiger partial charge in [-0.25, -0.2) is 9.78 Å². The maximum Gasteiger partial charge on any atom is 0.328 e. The molecule has 2 aromatic heterocycles. The second-order valence-corrected chi connectivity index (χ2v) is 5.03. The quantitative estimate of drug-likeness (QED) is 0.822. The number of rotatable bonds is 5. The molecule has 0 aromatic carbocycles. The van der Waals surface area contributed by atoms with E-state index in [2.05, 4.69) is 10.3 Å². The fourth-order valence-corrected chi connectivity index (χ4v) is 2.24. The Labute approximate surface area is 130 Å². The molecule has 1 amide bonds. The van der Waals surface area contributed by atoms with E-state index in [1.54, 1.807) is 22.9 Å². The summed E-state index contributed by atoms with van der Waals surface area (Å²) >= 11 is 11.9. The number of carboxylic acid groups (broad SMARTS) is 1. The van der Waals surface area contributed by atoms with Gasteiger partial charge in [-0.1, -0.05) is 23.2 Å².